The largest absolute Gasteiger partial charge is 0.453 e. The lowest BCUT2D eigenvalue weighted by Gasteiger charge is -2.21. The molecule has 10 heteroatoms. The number of benzene rings is 1. The van der Waals surface area contributed by atoms with Gasteiger partial charge in [-0.1, -0.05) is 23.4 Å². The average Bonchev–Trinajstić information content (AvgIpc) is 3.60. The third-order valence-electron chi connectivity index (χ3n) is 6.06. The Balaban J connectivity index is 1.33. The van der Waals surface area contributed by atoms with Gasteiger partial charge in [0.2, 0.25) is 11.7 Å². The first-order valence-electron chi connectivity index (χ1n) is 11.0. The van der Waals surface area contributed by atoms with Crippen molar-refractivity contribution in [3.63, 3.8) is 0 Å². The molecule has 1 fully saturated rings. The van der Waals surface area contributed by atoms with E-state index in [1.807, 2.05) is 43.3 Å². The van der Waals surface area contributed by atoms with Crippen LogP contribution in [-0.4, -0.2) is 56.1 Å². The third kappa shape index (κ3) is 4.09. The highest BCUT2D eigenvalue weighted by molar-refractivity contribution is 6.04. The molecular weight excluding hydrogens is 436 g/mol. The maximum Gasteiger partial charge on any atom is 0.409 e. The smallest absolute Gasteiger partial charge is 0.409 e. The minimum Gasteiger partial charge on any atom is -0.453 e. The SMILES string of the molecule is COC(=O)N1CCC[C@H]1Cc1nc(-c2ccc(C)c(NC(=O)c3cnc4ccccn34)c2)no1. The summed E-state index contributed by atoms with van der Waals surface area (Å²) in [5.41, 5.74) is 3.39. The van der Waals surface area contributed by atoms with Gasteiger partial charge in [0.15, 0.2) is 0 Å². The van der Waals surface area contributed by atoms with E-state index in [9.17, 15) is 9.59 Å². The highest BCUT2D eigenvalue weighted by Crippen LogP contribution is 2.26. The molecule has 0 saturated carbocycles. The van der Waals surface area contributed by atoms with Crippen molar-refractivity contribution in [2.24, 2.45) is 0 Å². The first-order chi connectivity index (χ1) is 16.5. The van der Waals surface area contributed by atoms with Crippen LogP contribution in [-0.2, 0) is 11.2 Å². The zero-order valence-electron chi connectivity index (χ0n) is 18.9. The molecule has 1 aliphatic heterocycles. The lowest BCUT2D eigenvalue weighted by Crippen LogP contribution is -2.36. The third-order valence-corrected chi connectivity index (χ3v) is 6.06. The molecule has 1 N–H and O–H groups in total. The average molecular weight is 460 g/mol. The second kappa shape index (κ2) is 8.97. The summed E-state index contributed by atoms with van der Waals surface area (Å²) in [5, 5.41) is 7.07. The van der Waals surface area contributed by atoms with Crippen LogP contribution in [0.15, 0.2) is 53.3 Å². The number of fused-ring (bicyclic) bond motifs is 1. The van der Waals surface area contributed by atoms with Crippen molar-refractivity contribution in [2.75, 3.05) is 19.0 Å². The fraction of sp³-hybridized carbons (Fsp3) is 0.292. The van der Waals surface area contributed by atoms with E-state index in [2.05, 4.69) is 20.4 Å². The molecule has 3 aromatic heterocycles. The topological polar surface area (TPSA) is 115 Å². The molecule has 4 heterocycles. The van der Waals surface area contributed by atoms with Crippen molar-refractivity contribution in [1.29, 1.82) is 0 Å². The fourth-order valence-corrected chi connectivity index (χ4v) is 4.24. The van der Waals surface area contributed by atoms with E-state index in [4.69, 9.17) is 9.26 Å². The Bertz CT molecular complexity index is 1360. The van der Waals surface area contributed by atoms with Gasteiger partial charge in [0.25, 0.3) is 5.91 Å². The molecule has 1 aromatic carbocycles. The molecular formula is C24H24N6O4. The van der Waals surface area contributed by atoms with Gasteiger partial charge in [0.05, 0.1) is 13.3 Å². The minimum absolute atomic E-state index is 0.0286. The van der Waals surface area contributed by atoms with Crippen molar-refractivity contribution in [3.8, 4) is 11.4 Å². The van der Waals surface area contributed by atoms with Crippen LogP contribution in [0.5, 0.6) is 0 Å². The molecule has 5 rings (SSSR count). The summed E-state index contributed by atoms with van der Waals surface area (Å²) in [4.78, 5) is 35.4. The first kappa shape index (κ1) is 21.6. The van der Waals surface area contributed by atoms with E-state index in [0.29, 0.717) is 47.3 Å². The summed E-state index contributed by atoms with van der Waals surface area (Å²) >= 11 is 0. The molecule has 0 spiro atoms. The number of likely N-dealkylation sites (tertiary alicyclic amines) is 1. The predicted molar refractivity (Wildman–Crippen MR) is 123 cm³/mol. The van der Waals surface area contributed by atoms with E-state index in [1.54, 1.807) is 21.7 Å². The Morgan fingerprint density at radius 2 is 2.15 bits per heavy atom. The van der Waals surface area contributed by atoms with E-state index in [-0.39, 0.29) is 18.0 Å². The minimum atomic E-state index is -0.341. The van der Waals surface area contributed by atoms with E-state index >= 15 is 0 Å². The molecule has 1 atom stereocenters. The molecule has 2 amide bonds. The van der Waals surface area contributed by atoms with E-state index in [1.165, 1.54) is 7.11 Å². The quantitative estimate of drug-likeness (QED) is 0.483. The highest BCUT2D eigenvalue weighted by Gasteiger charge is 2.31. The van der Waals surface area contributed by atoms with Gasteiger partial charge in [-0.25, -0.2) is 9.78 Å². The Morgan fingerprint density at radius 3 is 3.00 bits per heavy atom. The summed E-state index contributed by atoms with van der Waals surface area (Å²) < 4.78 is 12.1. The molecule has 10 nitrogen and oxygen atoms in total. The number of nitrogens with one attached hydrogen (secondary N) is 1. The van der Waals surface area contributed by atoms with Crippen LogP contribution in [0.1, 0.15) is 34.8 Å². The monoisotopic (exact) mass is 460 g/mol. The maximum absolute atomic E-state index is 12.9. The summed E-state index contributed by atoms with van der Waals surface area (Å²) in [6.07, 6.45) is 5.24. The number of pyridine rings is 1. The number of hydrogen-bond donors (Lipinski definition) is 1. The molecule has 0 aliphatic carbocycles. The van der Waals surface area contributed by atoms with Crippen LogP contribution in [0.25, 0.3) is 17.0 Å². The van der Waals surface area contributed by atoms with Crippen molar-refractivity contribution in [2.45, 2.75) is 32.2 Å². The molecule has 0 unspecified atom stereocenters. The predicted octanol–water partition coefficient (Wildman–Crippen LogP) is 3.72. The molecule has 0 bridgehead atoms. The van der Waals surface area contributed by atoms with Gasteiger partial charge < -0.3 is 19.5 Å². The Kier molecular flexibility index (Phi) is 5.70. The lowest BCUT2D eigenvalue weighted by molar-refractivity contribution is 0.102. The van der Waals surface area contributed by atoms with Crippen LogP contribution in [0.4, 0.5) is 10.5 Å². The summed E-state index contributed by atoms with van der Waals surface area (Å²) in [7, 11) is 1.38. The fourth-order valence-electron chi connectivity index (χ4n) is 4.24. The van der Waals surface area contributed by atoms with E-state index < -0.39 is 0 Å². The molecule has 174 valence electrons. The number of amides is 2. The Labute approximate surface area is 195 Å². The second-order valence-corrected chi connectivity index (χ2v) is 8.23. The molecule has 1 saturated heterocycles. The summed E-state index contributed by atoms with van der Waals surface area (Å²) in [6, 6.07) is 11.1. The van der Waals surface area contributed by atoms with Gasteiger partial charge in [-0.05, 0) is 43.5 Å². The van der Waals surface area contributed by atoms with Gasteiger partial charge in [-0.15, -0.1) is 0 Å². The molecule has 0 radical (unpaired) electrons. The van der Waals surface area contributed by atoms with Gasteiger partial charge in [-0.3, -0.25) is 9.20 Å². The number of carbonyl (C=O) groups excluding carboxylic acids is 2. The van der Waals surface area contributed by atoms with Gasteiger partial charge >= 0.3 is 6.09 Å². The Hall–Kier alpha value is -4.21. The first-order valence-corrected chi connectivity index (χ1v) is 11.0. The molecule has 1 aliphatic rings. The normalized spacial score (nSPS) is 15.6. The number of nitrogens with zero attached hydrogens (tertiary/aromatic N) is 5. The zero-order valence-corrected chi connectivity index (χ0v) is 18.9. The van der Waals surface area contributed by atoms with Crippen LogP contribution < -0.4 is 5.32 Å². The number of aromatic nitrogens is 4. The van der Waals surface area contributed by atoms with Crippen LogP contribution >= 0.6 is 0 Å². The van der Waals surface area contributed by atoms with Gasteiger partial charge in [0.1, 0.15) is 11.3 Å². The molecule has 34 heavy (non-hydrogen) atoms. The summed E-state index contributed by atoms with van der Waals surface area (Å²) in [5.74, 6) is 0.604. The summed E-state index contributed by atoms with van der Waals surface area (Å²) in [6.45, 7) is 2.57. The van der Waals surface area contributed by atoms with Crippen LogP contribution in [0.2, 0.25) is 0 Å². The zero-order chi connectivity index (χ0) is 23.7. The van der Waals surface area contributed by atoms with E-state index in [0.717, 1.165) is 18.4 Å². The number of anilines is 1. The van der Waals surface area contributed by atoms with Gasteiger partial charge in [0, 0.05) is 36.5 Å². The number of methoxy groups -OCH3 is 1. The van der Waals surface area contributed by atoms with Crippen LogP contribution in [0.3, 0.4) is 0 Å². The van der Waals surface area contributed by atoms with Crippen LogP contribution in [0, 0.1) is 6.92 Å². The van der Waals surface area contributed by atoms with Crippen molar-refractivity contribution >= 4 is 23.3 Å². The standard InChI is InChI=1S/C24H24N6O4/c1-15-8-9-16(12-18(15)26-23(31)19-14-25-20-7-3-4-10-30(19)20)22-27-21(34-28-22)13-17-6-5-11-29(17)24(32)33-2/h3-4,7-10,12,14,17H,5-6,11,13H2,1-2H3,(H,26,31)/t17-/m0/s1. The highest BCUT2D eigenvalue weighted by atomic mass is 16.5. The number of rotatable bonds is 5. The molecule has 4 aromatic rings. The van der Waals surface area contributed by atoms with Gasteiger partial charge in [-0.2, -0.15) is 4.98 Å². The van der Waals surface area contributed by atoms with Crippen molar-refractivity contribution in [3.05, 3.63) is 65.9 Å². The number of imidazole rings is 1. The lowest BCUT2D eigenvalue weighted by atomic mass is 10.1. The second-order valence-electron chi connectivity index (χ2n) is 8.23. The Morgan fingerprint density at radius 1 is 1.26 bits per heavy atom. The number of carbonyl (C=O) groups is 2. The maximum atomic E-state index is 12.9. The van der Waals surface area contributed by atoms with Crippen molar-refractivity contribution in [1.82, 2.24) is 24.4 Å². The number of ether oxygens (including phenoxy) is 1. The number of aryl methyl sites for hydroxylation is 1. The van der Waals surface area contributed by atoms with Crippen molar-refractivity contribution < 1.29 is 18.8 Å². The number of hydrogen-bond acceptors (Lipinski definition) is 7.